The largest absolute Gasteiger partial charge is 0.497 e. The van der Waals surface area contributed by atoms with Crippen LogP contribution in [0.25, 0.3) is 5.69 Å². The Kier molecular flexibility index (Phi) is 4.36. The van der Waals surface area contributed by atoms with E-state index in [1.807, 2.05) is 6.07 Å². The maximum absolute atomic E-state index is 12.9. The van der Waals surface area contributed by atoms with Gasteiger partial charge in [0.15, 0.2) is 0 Å². The average molecular weight is 422 g/mol. The predicted molar refractivity (Wildman–Crippen MR) is 119 cm³/mol. The molecule has 1 unspecified atom stereocenters. The molecule has 3 aliphatic heterocycles. The van der Waals surface area contributed by atoms with Crippen molar-refractivity contribution in [3.05, 3.63) is 42.2 Å². The van der Waals surface area contributed by atoms with Crippen LogP contribution in [0.4, 0.5) is 5.69 Å². The number of benzene rings is 1. The van der Waals surface area contributed by atoms with Gasteiger partial charge in [-0.25, -0.2) is 0 Å². The Balaban J connectivity index is 1.23. The Morgan fingerprint density at radius 2 is 2.00 bits per heavy atom. The minimum Gasteiger partial charge on any atom is -0.497 e. The van der Waals surface area contributed by atoms with Crippen molar-refractivity contribution >= 4 is 11.6 Å². The van der Waals surface area contributed by atoms with Crippen LogP contribution >= 0.6 is 0 Å². The number of likely N-dealkylation sites (tertiary alicyclic amines) is 1. The second-order valence-corrected chi connectivity index (χ2v) is 9.81. The van der Waals surface area contributed by atoms with Crippen LogP contribution in [-0.2, 0) is 15.1 Å². The number of hydrogen-bond donors (Lipinski definition) is 1. The summed E-state index contributed by atoms with van der Waals surface area (Å²) in [5.74, 6) is 1.50. The Morgan fingerprint density at radius 3 is 2.77 bits per heavy atom. The molecule has 6 rings (SSSR count). The summed E-state index contributed by atoms with van der Waals surface area (Å²) in [5, 5.41) is 3.83. The number of aromatic nitrogens is 1. The quantitative estimate of drug-likeness (QED) is 0.794. The van der Waals surface area contributed by atoms with Crippen LogP contribution in [0.15, 0.2) is 36.5 Å². The molecule has 1 aromatic heterocycles. The van der Waals surface area contributed by atoms with E-state index in [0.717, 1.165) is 62.3 Å². The number of fused-ring (bicyclic) bond motifs is 4. The molecule has 2 saturated heterocycles. The Bertz CT molecular complexity index is 1000. The van der Waals surface area contributed by atoms with E-state index < -0.39 is 0 Å². The highest BCUT2D eigenvalue weighted by atomic mass is 16.5. The number of methoxy groups -OCH3 is 1. The minimum absolute atomic E-state index is 0.162. The van der Waals surface area contributed by atoms with E-state index in [-0.39, 0.29) is 17.1 Å². The molecule has 6 heteroatoms. The van der Waals surface area contributed by atoms with E-state index in [1.54, 1.807) is 7.11 Å². The topological polar surface area (TPSA) is 55.7 Å². The number of rotatable bonds is 2. The van der Waals surface area contributed by atoms with Crippen molar-refractivity contribution in [3.63, 3.8) is 0 Å². The highest BCUT2D eigenvalue weighted by Gasteiger charge is 2.54. The van der Waals surface area contributed by atoms with Gasteiger partial charge in [-0.1, -0.05) is 12.8 Å². The first-order chi connectivity index (χ1) is 15.1. The van der Waals surface area contributed by atoms with Crippen molar-refractivity contribution in [2.45, 2.75) is 56.1 Å². The average Bonchev–Trinajstić information content (AvgIpc) is 3.55. The molecule has 2 spiro atoms. The summed E-state index contributed by atoms with van der Waals surface area (Å²) in [5.41, 5.74) is 3.07. The normalized spacial score (nSPS) is 26.7. The van der Waals surface area contributed by atoms with Gasteiger partial charge in [0.1, 0.15) is 11.3 Å². The third-order valence-corrected chi connectivity index (χ3v) is 8.02. The van der Waals surface area contributed by atoms with Gasteiger partial charge in [-0.15, -0.1) is 0 Å². The van der Waals surface area contributed by atoms with E-state index in [9.17, 15) is 4.79 Å². The van der Waals surface area contributed by atoms with Crippen molar-refractivity contribution in [2.24, 2.45) is 5.92 Å². The van der Waals surface area contributed by atoms with Gasteiger partial charge in [-0.2, -0.15) is 0 Å². The van der Waals surface area contributed by atoms with Gasteiger partial charge in [0.25, 0.3) is 0 Å². The van der Waals surface area contributed by atoms with Crippen LogP contribution in [0.2, 0.25) is 0 Å². The lowest BCUT2D eigenvalue weighted by Crippen LogP contribution is -2.49. The zero-order chi connectivity index (χ0) is 21.1. The number of ether oxygens (including phenoxy) is 2. The lowest BCUT2D eigenvalue weighted by Gasteiger charge is -2.41. The van der Waals surface area contributed by atoms with Gasteiger partial charge < -0.3 is 24.3 Å². The second-order valence-electron chi connectivity index (χ2n) is 9.81. The van der Waals surface area contributed by atoms with Crippen molar-refractivity contribution in [1.29, 1.82) is 0 Å². The molecular weight excluding hydrogens is 390 g/mol. The Morgan fingerprint density at radius 1 is 1.19 bits per heavy atom. The molecule has 31 heavy (non-hydrogen) atoms. The smallest absolute Gasteiger partial charge is 0.225 e. The molecule has 0 radical (unpaired) electrons. The number of nitrogens with one attached hydrogen (secondary N) is 1. The third-order valence-electron chi connectivity index (χ3n) is 8.02. The monoisotopic (exact) mass is 421 g/mol. The number of carbonyl (C=O) groups is 1. The van der Waals surface area contributed by atoms with Gasteiger partial charge in [-0.3, -0.25) is 4.79 Å². The molecule has 4 heterocycles. The maximum atomic E-state index is 12.9. The third kappa shape index (κ3) is 2.99. The van der Waals surface area contributed by atoms with Crippen molar-refractivity contribution in [2.75, 3.05) is 32.1 Å². The van der Waals surface area contributed by atoms with E-state index in [4.69, 9.17) is 9.47 Å². The van der Waals surface area contributed by atoms with Crippen LogP contribution in [-0.4, -0.2) is 47.8 Å². The molecule has 0 bridgehead atoms. The standard InChI is InChI=1S/C25H31N3O3/c1-30-19-8-9-21-20(15-19)26-25(22-7-4-12-28(21)22)16-24(31-17-25)10-13-27(14-11-24)23(29)18-5-2-3-6-18/h4,7-9,12,15,18,26H,2-3,5-6,10-11,13-14,16-17H2,1H3. The highest BCUT2D eigenvalue weighted by molar-refractivity contribution is 5.79. The predicted octanol–water partition coefficient (Wildman–Crippen LogP) is 4.08. The summed E-state index contributed by atoms with van der Waals surface area (Å²) < 4.78 is 14.3. The molecule has 1 aromatic carbocycles. The lowest BCUT2D eigenvalue weighted by atomic mass is 9.79. The molecule has 164 valence electrons. The molecule has 1 saturated carbocycles. The zero-order valence-corrected chi connectivity index (χ0v) is 18.2. The van der Waals surface area contributed by atoms with Crippen LogP contribution in [0.3, 0.4) is 0 Å². The summed E-state index contributed by atoms with van der Waals surface area (Å²) in [6.45, 7) is 2.28. The fraction of sp³-hybridized carbons (Fsp3) is 0.560. The first-order valence-corrected chi connectivity index (χ1v) is 11.7. The number of hydrogen-bond acceptors (Lipinski definition) is 4. The molecule has 3 fully saturated rings. The Hall–Kier alpha value is -2.47. The van der Waals surface area contributed by atoms with E-state index in [2.05, 4.69) is 45.2 Å². The first-order valence-electron chi connectivity index (χ1n) is 11.7. The summed E-state index contributed by atoms with van der Waals surface area (Å²) in [4.78, 5) is 15.0. The first kappa shape index (κ1) is 19.2. The molecule has 1 N–H and O–H groups in total. The number of piperidine rings is 1. The van der Waals surface area contributed by atoms with Crippen molar-refractivity contribution in [1.82, 2.24) is 9.47 Å². The van der Waals surface area contributed by atoms with E-state index >= 15 is 0 Å². The Labute approximate surface area is 183 Å². The molecule has 6 nitrogen and oxygen atoms in total. The molecule has 2 aromatic rings. The molecule has 1 amide bonds. The summed E-state index contributed by atoms with van der Waals surface area (Å²) in [7, 11) is 1.70. The number of anilines is 1. The van der Waals surface area contributed by atoms with Crippen LogP contribution in [0, 0.1) is 5.92 Å². The molecule has 4 aliphatic rings. The van der Waals surface area contributed by atoms with Crippen LogP contribution in [0.1, 0.15) is 50.6 Å². The number of nitrogens with zero attached hydrogens (tertiary/aromatic N) is 2. The molecule has 1 atom stereocenters. The molecular formula is C25H31N3O3. The van der Waals surface area contributed by atoms with Crippen molar-refractivity contribution in [3.8, 4) is 11.4 Å². The maximum Gasteiger partial charge on any atom is 0.225 e. The fourth-order valence-corrected chi connectivity index (χ4v) is 6.31. The number of amides is 1. The van der Waals surface area contributed by atoms with E-state index in [0.29, 0.717) is 12.5 Å². The SMILES string of the molecule is COc1ccc2c(c1)NC1(COC3(CCN(C(=O)C4CCCC4)CC3)C1)c1cccn1-2. The van der Waals surface area contributed by atoms with Gasteiger partial charge in [0.05, 0.1) is 36.4 Å². The summed E-state index contributed by atoms with van der Waals surface area (Å²) in [6.07, 6.45) is 9.45. The summed E-state index contributed by atoms with van der Waals surface area (Å²) in [6, 6.07) is 10.5. The lowest BCUT2D eigenvalue weighted by molar-refractivity contribution is -0.140. The number of carbonyl (C=O) groups excluding carboxylic acids is 1. The van der Waals surface area contributed by atoms with Crippen LogP contribution in [0.5, 0.6) is 5.75 Å². The highest BCUT2D eigenvalue weighted by Crippen LogP contribution is 2.50. The molecule has 1 aliphatic carbocycles. The van der Waals surface area contributed by atoms with Gasteiger partial charge in [0, 0.05) is 37.7 Å². The zero-order valence-electron chi connectivity index (χ0n) is 18.2. The minimum atomic E-state index is -0.250. The van der Waals surface area contributed by atoms with Crippen LogP contribution < -0.4 is 10.1 Å². The van der Waals surface area contributed by atoms with E-state index in [1.165, 1.54) is 18.5 Å². The van der Waals surface area contributed by atoms with Gasteiger partial charge in [-0.05, 0) is 49.9 Å². The second kappa shape index (κ2) is 7.02. The van der Waals surface area contributed by atoms with Gasteiger partial charge in [0.2, 0.25) is 5.91 Å². The van der Waals surface area contributed by atoms with Gasteiger partial charge >= 0.3 is 0 Å². The summed E-state index contributed by atoms with van der Waals surface area (Å²) >= 11 is 0. The fourth-order valence-electron chi connectivity index (χ4n) is 6.31. The van der Waals surface area contributed by atoms with Crippen molar-refractivity contribution < 1.29 is 14.3 Å².